The highest BCUT2D eigenvalue weighted by Crippen LogP contribution is 2.52. The molecule has 2 amide bonds. The molecule has 0 radical (unpaired) electrons. The maximum atomic E-state index is 14.6. The van der Waals surface area contributed by atoms with E-state index in [1.165, 1.54) is 0 Å². The van der Waals surface area contributed by atoms with Crippen LogP contribution in [-0.2, 0) is 58.6 Å². The molecule has 0 spiro atoms. The van der Waals surface area contributed by atoms with Gasteiger partial charge in [0, 0.05) is 29.5 Å². The Balaban J connectivity index is 1.57. The maximum absolute atomic E-state index is 14.6. The lowest BCUT2D eigenvalue weighted by Crippen LogP contribution is -2.61. The molecule has 3 atom stereocenters. The molecule has 4 aromatic rings. The Kier molecular flexibility index (Phi) is 15.7. The zero-order chi connectivity index (χ0) is 40.8. The quantitative estimate of drug-likeness (QED) is 0.0744. The number of nitrogens with two attached hydrogens (primary N) is 1. The van der Waals surface area contributed by atoms with E-state index in [-0.39, 0.29) is 19.4 Å². The van der Waals surface area contributed by atoms with Crippen molar-refractivity contribution in [1.82, 2.24) is 10.6 Å². The van der Waals surface area contributed by atoms with Crippen LogP contribution in [0.25, 0.3) is 0 Å². The van der Waals surface area contributed by atoms with Crippen molar-refractivity contribution in [2.75, 3.05) is 6.61 Å². The highest BCUT2D eigenvalue weighted by molar-refractivity contribution is 6.74. The van der Waals surface area contributed by atoms with Crippen LogP contribution in [0.15, 0.2) is 121 Å². The molecule has 0 aliphatic heterocycles. The largest absolute Gasteiger partial charge is 0.492 e. The van der Waals surface area contributed by atoms with E-state index in [1.54, 1.807) is 0 Å². The van der Waals surface area contributed by atoms with E-state index in [2.05, 4.69) is 10.6 Å². The summed E-state index contributed by atoms with van der Waals surface area (Å²) in [6, 6.07) is 34.1. The second-order valence-corrected chi connectivity index (χ2v) is 20.8. The lowest BCUT2D eigenvalue weighted by Gasteiger charge is -2.48. The van der Waals surface area contributed by atoms with Crippen LogP contribution < -0.4 is 16.4 Å². The molecule has 4 aromatic carbocycles. The van der Waals surface area contributed by atoms with Gasteiger partial charge >= 0.3 is 20.5 Å². The van der Waals surface area contributed by atoms with E-state index in [0.29, 0.717) is 13.0 Å². The minimum Gasteiger partial charge on any atom is -0.492 e. The summed E-state index contributed by atoms with van der Waals surface area (Å²) in [5.41, 5.74) is 9.66. The molecule has 0 heterocycles. The highest BCUT2D eigenvalue weighted by atomic mass is 28.4. The van der Waals surface area contributed by atoms with Gasteiger partial charge in [0.25, 0.3) is 0 Å². The summed E-state index contributed by atoms with van der Waals surface area (Å²) in [5, 5.41) is 4.55. The van der Waals surface area contributed by atoms with Crippen LogP contribution in [0.3, 0.4) is 0 Å². The topological polar surface area (TPSA) is 146 Å². The molecule has 0 aliphatic rings. The van der Waals surface area contributed by atoms with Crippen LogP contribution in [0.4, 0.5) is 0 Å². The first-order valence-electron chi connectivity index (χ1n) is 19.1. The SMILES string of the molecule is CC(C)(C)[Si](OCCc1ccccc1)(OC(=O)[C@H](Cc1ccccc1)NC(=O)[C@H](Cc1ccccc1)NC(=O)[C@@H](N)CC(=O)OCc1ccccc1)C(C)(C)C. The maximum Gasteiger partial charge on any atom is 0.412 e. The predicted octanol–water partition coefficient (Wildman–Crippen LogP) is 6.75. The third kappa shape index (κ3) is 12.7. The summed E-state index contributed by atoms with van der Waals surface area (Å²) in [4.78, 5) is 54.9. The Morgan fingerprint density at radius 2 is 1.04 bits per heavy atom. The van der Waals surface area contributed by atoms with Gasteiger partial charge in [-0.2, -0.15) is 0 Å². The number of benzene rings is 4. The molecule has 0 bridgehead atoms. The van der Waals surface area contributed by atoms with Gasteiger partial charge in [0.05, 0.1) is 12.5 Å². The summed E-state index contributed by atoms with van der Waals surface area (Å²) >= 11 is 0. The molecule has 0 unspecified atom stereocenters. The Hall–Kier alpha value is -5.10. The highest BCUT2D eigenvalue weighted by Gasteiger charge is 2.61. The Bertz CT molecular complexity index is 1830. The number of carbonyl (C=O) groups is 4. The number of rotatable bonds is 18. The fourth-order valence-electron chi connectivity index (χ4n) is 6.79. The van der Waals surface area contributed by atoms with Crippen LogP contribution in [0.2, 0.25) is 10.1 Å². The second kappa shape index (κ2) is 20.2. The molecule has 0 fully saturated rings. The van der Waals surface area contributed by atoms with Crippen molar-refractivity contribution in [3.63, 3.8) is 0 Å². The van der Waals surface area contributed by atoms with Crippen molar-refractivity contribution in [1.29, 1.82) is 0 Å². The van der Waals surface area contributed by atoms with Crippen molar-refractivity contribution < 1.29 is 32.8 Å². The standard InChI is InChI=1S/C45H57N3O7Si/c1-44(2,3)56(45(4,5)6,54-28-27-33-19-11-7-12-20-33)55-43(52)39(30-35-23-15-9-16-24-35)48-42(51)38(29-34-21-13-8-14-22-34)47-41(50)37(46)31-40(49)53-32-36-25-17-10-18-26-36/h7-26,37-39H,27-32,46H2,1-6H3,(H,47,50)(H,48,51)/t37-,38-,39-/m0/s1. The number of amides is 2. The number of ether oxygens (including phenoxy) is 1. The van der Waals surface area contributed by atoms with Gasteiger partial charge in [0.1, 0.15) is 18.7 Å². The fraction of sp³-hybridized carbons (Fsp3) is 0.378. The van der Waals surface area contributed by atoms with E-state index < -0.39 is 66.9 Å². The van der Waals surface area contributed by atoms with Crippen molar-refractivity contribution in [3.8, 4) is 0 Å². The molecule has 4 N–H and O–H groups in total. The van der Waals surface area contributed by atoms with Crippen LogP contribution in [0.5, 0.6) is 0 Å². The molecule has 0 aliphatic carbocycles. The van der Waals surface area contributed by atoms with Crippen molar-refractivity contribution in [2.24, 2.45) is 5.73 Å². The minimum atomic E-state index is -3.45. The van der Waals surface area contributed by atoms with Crippen molar-refractivity contribution in [2.45, 2.75) is 102 Å². The third-order valence-electron chi connectivity index (χ3n) is 9.52. The zero-order valence-electron chi connectivity index (χ0n) is 33.5. The van der Waals surface area contributed by atoms with Gasteiger partial charge in [-0.3, -0.25) is 19.2 Å². The number of hydrogen-bond acceptors (Lipinski definition) is 8. The van der Waals surface area contributed by atoms with Gasteiger partial charge in [-0.1, -0.05) is 163 Å². The van der Waals surface area contributed by atoms with Crippen LogP contribution in [-0.4, -0.2) is 57.0 Å². The number of hydrogen-bond donors (Lipinski definition) is 3. The third-order valence-corrected chi connectivity index (χ3v) is 14.6. The molecule has 11 heteroatoms. The Morgan fingerprint density at radius 3 is 1.52 bits per heavy atom. The van der Waals surface area contributed by atoms with Gasteiger partial charge < -0.3 is 30.0 Å². The lowest BCUT2D eigenvalue weighted by molar-refractivity contribution is -0.147. The first-order chi connectivity index (χ1) is 26.6. The number of nitrogens with one attached hydrogen (secondary N) is 2. The van der Waals surface area contributed by atoms with E-state index >= 15 is 0 Å². The van der Waals surface area contributed by atoms with E-state index in [0.717, 1.165) is 22.3 Å². The minimum absolute atomic E-state index is 0.0403. The zero-order valence-corrected chi connectivity index (χ0v) is 34.5. The first-order valence-corrected chi connectivity index (χ1v) is 20.9. The van der Waals surface area contributed by atoms with Crippen LogP contribution >= 0.6 is 0 Å². The Labute approximate surface area is 332 Å². The lowest BCUT2D eigenvalue weighted by atomic mass is 10.0. The molecule has 10 nitrogen and oxygen atoms in total. The molecule has 4 rings (SSSR count). The summed E-state index contributed by atoms with van der Waals surface area (Å²) in [7, 11) is -3.45. The van der Waals surface area contributed by atoms with E-state index in [9.17, 15) is 19.2 Å². The Morgan fingerprint density at radius 1 is 0.607 bits per heavy atom. The molecule has 0 saturated carbocycles. The normalized spacial score (nSPS) is 13.5. The molecule has 298 valence electrons. The van der Waals surface area contributed by atoms with Crippen LogP contribution in [0, 0.1) is 0 Å². The molecule has 0 saturated heterocycles. The molecule has 0 aromatic heterocycles. The van der Waals surface area contributed by atoms with Crippen molar-refractivity contribution >= 4 is 32.3 Å². The van der Waals surface area contributed by atoms with Gasteiger partial charge in [0.15, 0.2) is 0 Å². The molecule has 56 heavy (non-hydrogen) atoms. The average molecular weight is 780 g/mol. The van der Waals surface area contributed by atoms with Gasteiger partial charge in [-0.05, 0) is 28.7 Å². The predicted molar refractivity (Wildman–Crippen MR) is 220 cm³/mol. The first kappa shape index (κ1) is 43.6. The van der Waals surface area contributed by atoms with E-state index in [4.69, 9.17) is 19.3 Å². The average Bonchev–Trinajstić information content (AvgIpc) is 3.16. The van der Waals surface area contributed by atoms with Crippen molar-refractivity contribution in [3.05, 3.63) is 144 Å². The van der Waals surface area contributed by atoms with Gasteiger partial charge in [0.2, 0.25) is 11.8 Å². The number of esters is 1. The monoisotopic (exact) mass is 779 g/mol. The summed E-state index contributed by atoms with van der Waals surface area (Å²) in [6.07, 6.45) is 0.476. The molecular weight excluding hydrogens is 723 g/mol. The number of carbonyl (C=O) groups excluding carboxylic acids is 4. The summed E-state index contributed by atoms with van der Waals surface area (Å²) in [5.74, 6) is -2.59. The second-order valence-electron chi connectivity index (χ2n) is 16.1. The summed E-state index contributed by atoms with van der Waals surface area (Å²) in [6.45, 7) is 12.5. The van der Waals surface area contributed by atoms with E-state index in [1.807, 2.05) is 163 Å². The van der Waals surface area contributed by atoms with Gasteiger partial charge in [-0.25, -0.2) is 0 Å². The smallest absolute Gasteiger partial charge is 0.412 e. The van der Waals surface area contributed by atoms with Gasteiger partial charge in [-0.15, -0.1) is 0 Å². The fourth-order valence-corrected chi connectivity index (χ4v) is 11.4. The molecular formula is C45H57N3O7Si. The summed E-state index contributed by atoms with van der Waals surface area (Å²) < 4.78 is 18.8. The van der Waals surface area contributed by atoms with Crippen LogP contribution in [0.1, 0.15) is 70.2 Å².